The Bertz CT molecular complexity index is 551. The molecule has 0 aromatic heterocycles. The first-order chi connectivity index (χ1) is 9.10. The molecule has 2 nitrogen and oxygen atoms in total. The normalized spacial score (nSPS) is 12.2. The van der Waals surface area contributed by atoms with E-state index in [1.165, 1.54) is 12.1 Å². The lowest BCUT2D eigenvalue weighted by atomic mass is 9.98. The largest absolute Gasteiger partial charge is 0.496 e. The van der Waals surface area contributed by atoms with Crippen molar-refractivity contribution in [2.45, 2.75) is 19.4 Å². The van der Waals surface area contributed by atoms with E-state index in [9.17, 15) is 4.39 Å². The average Bonchev–Trinajstić information content (AvgIpc) is 2.42. The fraction of sp³-hybridized carbons (Fsp3) is 0.250. The van der Waals surface area contributed by atoms with Crippen LogP contribution in [-0.4, -0.2) is 7.11 Å². The van der Waals surface area contributed by atoms with E-state index in [2.05, 4.69) is 0 Å². The second-order valence-electron chi connectivity index (χ2n) is 4.67. The van der Waals surface area contributed by atoms with E-state index in [1.807, 2.05) is 25.1 Å². The molecule has 0 saturated heterocycles. The number of halogens is 1. The van der Waals surface area contributed by atoms with Crippen molar-refractivity contribution in [3.05, 3.63) is 65.0 Å². The smallest absolute Gasteiger partial charge is 0.123 e. The summed E-state index contributed by atoms with van der Waals surface area (Å²) in [6.07, 6.45) is 0.673. The number of aryl methyl sites for hydroxylation is 1. The summed E-state index contributed by atoms with van der Waals surface area (Å²) >= 11 is 0. The lowest BCUT2D eigenvalue weighted by molar-refractivity contribution is 0.410. The van der Waals surface area contributed by atoms with Crippen LogP contribution in [0.1, 0.15) is 22.7 Å². The maximum atomic E-state index is 12.8. The van der Waals surface area contributed by atoms with Gasteiger partial charge < -0.3 is 10.5 Å². The molecular formula is C16H18FNO. The Kier molecular flexibility index (Phi) is 4.17. The molecule has 19 heavy (non-hydrogen) atoms. The van der Waals surface area contributed by atoms with Crippen LogP contribution in [0.4, 0.5) is 4.39 Å². The van der Waals surface area contributed by atoms with Crippen molar-refractivity contribution in [3.8, 4) is 5.75 Å². The molecule has 0 radical (unpaired) electrons. The number of rotatable bonds is 4. The molecule has 1 unspecified atom stereocenters. The van der Waals surface area contributed by atoms with Gasteiger partial charge in [0.15, 0.2) is 0 Å². The first-order valence-corrected chi connectivity index (χ1v) is 6.24. The SMILES string of the molecule is COc1cc(C(N)Cc2ccc(F)cc2)ccc1C. The number of hydrogen-bond donors (Lipinski definition) is 1. The van der Waals surface area contributed by atoms with E-state index < -0.39 is 0 Å². The van der Waals surface area contributed by atoms with Gasteiger partial charge in [0, 0.05) is 6.04 Å². The monoisotopic (exact) mass is 259 g/mol. The molecular weight excluding hydrogens is 241 g/mol. The fourth-order valence-electron chi connectivity index (χ4n) is 2.06. The van der Waals surface area contributed by atoms with Crippen molar-refractivity contribution in [1.82, 2.24) is 0 Å². The van der Waals surface area contributed by atoms with Gasteiger partial charge in [0.1, 0.15) is 11.6 Å². The summed E-state index contributed by atoms with van der Waals surface area (Å²) in [4.78, 5) is 0. The average molecular weight is 259 g/mol. The Balaban J connectivity index is 2.15. The molecule has 2 aromatic rings. The van der Waals surface area contributed by atoms with Gasteiger partial charge >= 0.3 is 0 Å². The molecule has 2 N–H and O–H groups in total. The number of benzene rings is 2. The van der Waals surface area contributed by atoms with E-state index in [4.69, 9.17) is 10.5 Å². The molecule has 0 heterocycles. The van der Waals surface area contributed by atoms with Crippen molar-refractivity contribution < 1.29 is 9.13 Å². The second kappa shape index (κ2) is 5.85. The molecule has 0 aliphatic heterocycles. The Morgan fingerprint density at radius 2 is 1.84 bits per heavy atom. The summed E-state index contributed by atoms with van der Waals surface area (Å²) in [7, 11) is 1.65. The van der Waals surface area contributed by atoms with Crippen LogP contribution in [0.3, 0.4) is 0 Å². The van der Waals surface area contributed by atoms with Crippen LogP contribution < -0.4 is 10.5 Å². The van der Waals surface area contributed by atoms with Crippen LogP contribution in [-0.2, 0) is 6.42 Å². The predicted molar refractivity (Wildman–Crippen MR) is 74.8 cm³/mol. The zero-order chi connectivity index (χ0) is 13.8. The minimum Gasteiger partial charge on any atom is -0.496 e. The van der Waals surface area contributed by atoms with Gasteiger partial charge in [-0.25, -0.2) is 4.39 Å². The highest BCUT2D eigenvalue weighted by Crippen LogP contribution is 2.24. The molecule has 0 aliphatic carbocycles. The van der Waals surface area contributed by atoms with Gasteiger partial charge in [-0.2, -0.15) is 0 Å². The van der Waals surface area contributed by atoms with E-state index >= 15 is 0 Å². The van der Waals surface area contributed by atoms with Crippen LogP contribution >= 0.6 is 0 Å². The van der Waals surface area contributed by atoms with Gasteiger partial charge in [-0.15, -0.1) is 0 Å². The van der Waals surface area contributed by atoms with Crippen LogP contribution in [0, 0.1) is 12.7 Å². The molecule has 0 bridgehead atoms. The molecule has 2 rings (SSSR count). The van der Waals surface area contributed by atoms with Crippen LogP contribution in [0.25, 0.3) is 0 Å². The molecule has 3 heteroatoms. The highest BCUT2D eigenvalue weighted by Gasteiger charge is 2.09. The van der Waals surface area contributed by atoms with Crippen LogP contribution in [0.5, 0.6) is 5.75 Å². The van der Waals surface area contributed by atoms with Gasteiger partial charge in [0.05, 0.1) is 7.11 Å². The van der Waals surface area contributed by atoms with Gasteiger partial charge in [0.2, 0.25) is 0 Å². The van der Waals surface area contributed by atoms with E-state index in [-0.39, 0.29) is 11.9 Å². The van der Waals surface area contributed by atoms with E-state index in [1.54, 1.807) is 19.2 Å². The third-order valence-corrected chi connectivity index (χ3v) is 3.23. The second-order valence-corrected chi connectivity index (χ2v) is 4.67. The molecule has 0 saturated carbocycles. The maximum Gasteiger partial charge on any atom is 0.123 e. The summed E-state index contributed by atoms with van der Waals surface area (Å²) in [5.74, 6) is 0.612. The topological polar surface area (TPSA) is 35.2 Å². The Morgan fingerprint density at radius 3 is 2.47 bits per heavy atom. The van der Waals surface area contributed by atoms with Crippen LogP contribution in [0.2, 0.25) is 0 Å². The summed E-state index contributed by atoms with van der Waals surface area (Å²) < 4.78 is 18.1. The minimum absolute atomic E-state index is 0.125. The molecule has 1 atom stereocenters. The number of methoxy groups -OCH3 is 1. The molecule has 2 aromatic carbocycles. The maximum absolute atomic E-state index is 12.8. The standard InChI is InChI=1S/C16H18FNO/c1-11-3-6-13(10-16(11)19-2)15(18)9-12-4-7-14(17)8-5-12/h3-8,10,15H,9,18H2,1-2H3. The van der Waals surface area contributed by atoms with Crippen LogP contribution in [0.15, 0.2) is 42.5 Å². The number of hydrogen-bond acceptors (Lipinski definition) is 2. The van der Waals surface area contributed by atoms with Crippen molar-refractivity contribution in [3.63, 3.8) is 0 Å². The zero-order valence-corrected chi connectivity index (χ0v) is 11.2. The Labute approximate surface area is 113 Å². The van der Waals surface area contributed by atoms with Crippen molar-refractivity contribution in [1.29, 1.82) is 0 Å². The van der Waals surface area contributed by atoms with Crippen molar-refractivity contribution >= 4 is 0 Å². The Morgan fingerprint density at radius 1 is 1.16 bits per heavy atom. The molecule has 0 amide bonds. The van der Waals surface area contributed by atoms with Crippen molar-refractivity contribution in [2.75, 3.05) is 7.11 Å². The lowest BCUT2D eigenvalue weighted by Gasteiger charge is -2.14. The summed E-state index contributed by atoms with van der Waals surface area (Å²) in [6.45, 7) is 1.99. The first kappa shape index (κ1) is 13.6. The van der Waals surface area contributed by atoms with E-state index in [0.29, 0.717) is 6.42 Å². The quantitative estimate of drug-likeness (QED) is 0.913. The van der Waals surface area contributed by atoms with Gasteiger partial charge in [0.25, 0.3) is 0 Å². The number of nitrogens with two attached hydrogens (primary N) is 1. The lowest BCUT2D eigenvalue weighted by Crippen LogP contribution is -2.13. The first-order valence-electron chi connectivity index (χ1n) is 6.24. The minimum atomic E-state index is -0.227. The molecule has 100 valence electrons. The van der Waals surface area contributed by atoms with Gasteiger partial charge in [-0.1, -0.05) is 24.3 Å². The van der Waals surface area contributed by atoms with Gasteiger partial charge in [-0.3, -0.25) is 0 Å². The Hall–Kier alpha value is -1.87. The zero-order valence-electron chi connectivity index (χ0n) is 11.2. The van der Waals surface area contributed by atoms with E-state index in [0.717, 1.165) is 22.4 Å². The fourth-order valence-corrected chi connectivity index (χ4v) is 2.06. The van der Waals surface area contributed by atoms with Crippen molar-refractivity contribution in [2.24, 2.45) is 5.73 Å². The molecule has 0 aliphatic rings. The highest BCUT2D eigenvalue weighted by atomic mass is 19.1. The van der Waals surface area contributed by atoms with Gasteiger partial charge in [-0.05, 0) is 48.2 Å². The molecule has 0 spiro atoms. The summed E-state index contributed by atoms with van der Waals surface area (Å²) in [5.41, 5.74) is 9.31. The third kappa shape index (κ3) is 3.32. The summed E-state index contributed by atoms with van der Waals surface area (Å²) in [6, 6.07) is 12.3. The third-order valence-electron chi connectivity index (χ3n) is 3.23. The predicted octanol–water partition coefficient (Wildman–Crippen LogP) is 3.39. The highest BCUT2D eigenvalue weighted by molar-refractivity contribution is 5.38. The summed E-state index contributed by atoms with van der Waals surface area (Å²) in [5, 5.41) is 0. The number of ether oxygens (including phenoxy) is 1. The molecule has 0 fully saturated rings.